The maximum Gasteiger partial charge on any atom is 0.122 e. The van der Waals surface area contributed by atoms with Crippen molar-refractivity contribution in [1.82, 2.24) is 5.32 Å². The molecule has 1 aromatic rings. The number of benzene rings is 1. The smallest absolute Gasteiger partial charge is 0.122 e. The van der Waals surface area contributed by atoms with Gasteiger partial charge in [0.1, 0.15) is 5.75 Å². The Morgan fingerprint density at radius 1 is 1.21 bits per heavy atom. The van der Waals surface area contributed by atoms with Gasteiger partial charge in [-0.15, -0.1) is 0 Å². The third-order valence-corrected chi connectivity index (χ3v) is 3.92. The van der Waals surface area contributed by atoms with Crippen molar-refractivity contribution in [3.05, 3.63) is 28.8 Å². The minimum absolute atomic E-state index is 0.220. The summed E-state index contributed by atoms with van der Waals surface area (Å²) in [5.41, 5.74) is 9.83. The minimum Gasteiger partial charge on any atom is -0.496 e. The average Bonchev–Trinajstić information content (AvgIpc) is 2.39. The second-order valence-corrected chi connectivity index (χ2v) is 5.97. The van der Waals surface area contributed by atoms with Gasteiger partial charge in [-0.2, -0.15) is 0 Å². The fourth-order valence-electron chi connectivity index (χ4n) is 2.02. The monoisotopic (exact) mass is 264 g/mol. The molecular weight excluding hydrogens is 236 g/mol. The van der Waals surface area contributed by atoms with Crippen LogP contribution in [0.15, 0.2) is 12.1 Å². The molecule has 3 N–H and O–H groups in total. The highest BCUT2D eigenvalue weighted by Crippen LogP contribution is 2.24. The van der Waals surface area contributed by atoms with Crippen molar-refractivity contribution >= 4 is 0 Å². The van der Waals surface area contributed by atoms with E-state index in [9.17, 15) is 0 Å². The Kier molecular flexibility index (Phi) is 5.83. The van der Waals surface area contributed by atoms with E-state index in [-0.39, 0.29) is 5.41 Å². The van der Waals surface area contributed by atoms with Crippen LogP contribution in [0.2, 0.25) is 0 Å². The number of hydrogen-bond acceptors (Lipinski definition) is 3. The maximum absolute atomic E-state index is 5.73. The first-order valence-corrected chi connectivity index (χ1v) is 6.95. The molecule has 1 rings (SSSR count). The van der Waals surface area contributed by atoms with Crippen molar-refractivity contribution < 1.29 is 4.74 Å². The van der Waals surface area contributed by atoms with Crippen molar-refractivity contribution in [1.29, 1.82) is 0 Å². The van der Waals surface area contributed by atoms with Crippen LogP contribution in [0.5, 0.6) is 5.75 Å². The van der Waals surface area contributed by atoms with Crippen LogP contribution in [0.3, 0.4) is 0 Å². The zero-order valence-corrected chi connectivity index (χ0v) is 13.0. The Balaban J connectivity index is 2.53. The summed E-state index contributed by atoms with van der Waals surface area (Å²) < 4.78 is 5.33. The van der Waals surface area contributed by atoms with Gasteiger partial charge in [0.05, 0.1) is 7.11 Å². The quantitative estimate of drug-likeness (QED) is 0.744. The first kappa shape index (κ1) is 16.0. The molecular formula is C16H28N2O. The number of hydrogen-bond donors (Lipinski definition) is 2. The summed E-state index contributed by atoms with van der Waals surface area (Å²) in [4.78, 5) is 0. The first-order valence-electron chi connectivity index (χ1n) is 6.95. The zero-order valence-electron chi connectivity index (χ0n) is 13.0. The van der Waals surface area contributed by atoms with Gasteiger partial charge in [-0.25, -0.2) is 0 Å². The van der Waals surface area contributed by atoms with Crippen LogP contribution in [0, 0.1) is 19.3 Å². The van der Waals surface area contributed by atoms with Gasteiger partial charge in [-0.1, -0.05) is 19.9 Å². The normalized spacial score (nSPS) is 11.7. The molecule has 19 heavy (non-hydrogen) atoms. The molecule has 0 aliphatic rings. The predicted molar refractivity (Wildman–Crippen MR) is 81.6 cm³/mol. The molecule has 108 valence electrons. The summed E-state index contributed by atoms with van der Waals surface area (Å²) in [5.74, 6) is 0.963. The molecule has 0 aliphatic heterocycles. The topological polar surface area (TPSA) is 47.3 Å². The lowest BCUT2D eigenvalue weighted by atomic mass is 9.90. The molecule has 3 heteroatoms. The standard InChI is InChI=1S/C16H28N2O/c1-12-13(2)15(19-5)7-6-14(12)10-18-9-8-16(3,4)11-17/h6-7,18H,8-11,17H2,1-5H3. The van der Waals surface area contributed by atoms with E-state index in [1.54, 1.807) is 7.11 Å². The molecule has 0 amide bonds. The third kappa shape index (κ3) is 4.51. The molecule has 0 aromatic heterocycles. The predicted octanol–water partition coefficient (Wildman–Crippen LogP) is 2.78. The summed E-state index contributed by atoms with van der Waals surface area (Å²) in [6.07, 6.45) is 1.09. The van der Waals surface area contributed by atoms with Crippen molar-refractivity contribution in [2.24, 2.45) is 11.1 Å². The first-order chi connectivity index (χ1) is 8.91. The van der Waals surface area contributed by atoms with E-state index in [0.29, 0.717) is 0 Å². The highest BCUT2D eigenvalue weighted by Gasteiger charge is 2.14. The van der Waals surface area contributed by atoms with Crippen LogP contribution < -0.4 is 15.8 Å². The van der Waals surface area contributed by atoms with Crippen LogP contribution in [-0.2, 0) is 6.54 Å². The summed E-state index contributed by atoms with van der Waals surface area (Å²) in [7, 11) is 1.72. The van der Waals surface area contributed by atoms with E-state index in [0.717, 1.165) is 31.8 Å². The molecule has 0 spiro atoms. The van der Waals surface area contributed by atoms with Crippen LogP contribution in [0.1, 0.15) is 37.0 Å². The second kappa shape index (κ2) is 6.92. The number of rotatable bonds is 7. The summed E-state index contributed by atoms with van der Waals surface area (Å²) in [6, 6.07) is 4.19. The molecule has 1 aromatic carbocycles. The number of methoxy groups -OCH3 is 1. The molecule has 0 atom stereocenters. The molecule has 0 unspecified atom stereocenters. The van der Waals surface area contributed by atoms with Crippen LogP contribution in [0.4, 0.5) is 0 Å². The molecule has 0 heterocycles. The molecule has 0 saturated heterocycles. The second-order valence-electron chi connectivity index (χ2n) is 5.97. The van der Waals surface area contributed by atoms with Gasteiger partial charge in [-0.05, 0) is 61.5 Å². The van der Waals surface area contributed by atoms with Gasteiger partial charge in [-0.3, -0.25) is 0 Å². The van der Waals surface area contributed by atoms with Gasteiger partial charge in [0.15, 0.2) is 0 Å². The third-order valence-electron chi connectivity index (χ3n) is 3.92. The molecule has 0 saturated carbocycles. The summed E-state index contributed by atoms with van der Waals surface area (Å²) in [5, 5.41) is 3.50. The van der Waals surface area contributed by atoms with Crippen LogP contribution in [0.25, 0.3) is 0 Å². The largest absolute Gasteiger partial charge is 0.496 e. The Labute approximate surface area is 117 Å². The van der Waals surface area contributed by atoms with Gasteiger partial charge >= 0.3 is 0 Å². The van der Waals surface area contributed by atoms with E-state index in [1.165, 1.54) is 16.7 Å². The van der Waals surface area contributed by atoms with E-state index < -0.39 is 0 Å². The lowest BCUT2D eigenvalue weighted by molar-refractivity contribution is 0.339. The van der Waals surface area contributed by atoms with Crippen molar-refractivity contribution in [3.63, 3.8) is 0 Å². The Bertz CT molecular complexity index is 413. The SMILES string of the molecule is COc1ccc(CNCCC(C)(C)CN)c(C)c1C. The molecule has 3 nitrogen and oxygen atoms in total. The Morgan fingerprint density at radius 3 is 2.47 bits per heavy atom. The molecule has 0 radical (unpaired) electrons. The maximum atomic E-state index is 5.73. The summed E-state index contributed by atoms with van der Waals surface area (Å²) in [6.45, 7) is 11.3. The lowest BCUT2D eigenvalue weighted by Crippen LogP contribution is -2.28. The van der Waals surface area contributed by atoms with Crippen LogP contribution in [-0.4, -0.2) is 20.2 Å². The average molecular weight is 264 g/mol. The highest BCUT2D eigenvalue weighted by atomic mass is 16.5. The Morgan fingerprint density at radius 2 is 1.89 bits per heavy atom. The number of ether oxygens (including phenoxy) is 1. The van der Waals surface area contributed by atoms with Gasteiger partial charge < -0.3 is 15.8 Å². The van der Waals surface area contributed by atoms with Crippen molar-refractivity contribution in [3.8, 4) is 5.75 Å². The minimum atomic E-state index is 0.220. The summed E-state index contributed by atoms with van der Waals surface area (Å²) >= 11 is 0. The van der Waals surface area contributed by atoms with E-state index in [2.05, 4.69) is 39.1 Å². The molecule has 0 aliphatic carbocycles. The van der Waals surface area contributed by atoms with E-state index in [1.807, 2.05) is 6.07 Å². The fraction of sp³-hybridized carbons (Fsp3) is 0.625. The van der Waals surface area contributed by atoms with Gasteiger partial charge in [0, 0.05) is 6.54 Å². The zero-order chi connectivity index (χ0) is 14.5. The van der Waals surface area contributed by atoms with Gasteiger partial charge in [0.25, 0.3) is 0 Å². The number of nitrogens with one attached hydrogen (secondary N) is 1. The van der Waals surface area contributed by atoms with E-state index >= 15 is 0 Å². The van der Waals surface area contributed by atoms with Crippen molar-refractivity contribution in [2.75, 3.05) is 20.2 Å². The van der Waals surface area contributed by atoms with E-state index in [4.69, 9.17) is 10.5 Å². The fourth-order valence-corrected chi connectivity index (χ4v) is 2.02. The molecule has 0 fully saturated rings. The Hall–Kier alpha value is -1.06. The van der Waals surface area contributed by atoms with Crippen LogP contribution >= 0.6 is 0 Å². The molecule has 0 bridgehead atoms. The van der Waals surface area contributed by atoms with Gasteiger partial charge in [0.2, 0.25) is 0 Å². The lowest BCUT2D eigenvalue weighted by Gasteiger charge is -2.22. The highest BCUT2D eigenvalue weighted by molar-refractivity contribution is 5.43. The van der Waals surface area contributed by atoms with Crippen molar-refractivity contribution in [2.45, 2.75) is 40.7 Å². The number of nitrogens with two attached hydrogens (primary N) is 1.